The third-order valence-corrected chi connectivity index (χ3v) is 2.88. The van der Waals surface area contributed by atoms with Gasteiger partial charge in [-0.25, -0.2) is 4.39 Å². The van der Waals surface area contributed by atoms with E-state index in [0.717, 1.165) is 6.07 Å². The first-order valence-electron chi connectivity index (χ1n) is 6.07. The number of anilines is 1. The SMILES string of the molecule is COC(=O)CCNc1c(F)cc([N+](=O)[O-])c2cccnc12. The Balaban J connectivity index is 2.40. The molecule has 1 heterocycles. The van der Waals surface area contributed by atoms with Crippen LogP contribution >= 0.6 is 0 Å². The number of hydrogen-bond acceptors (Lipinski definition) is 6. The Bertz CT molecular complexity index is 705. The molecule has 110 valence electrons. The van der Waals surface area contributed by atoms with Crippen molar-refractivity contribution in [3.05, 3.63) is 40.3 Å². The van der Waals surface area contributed by atoms with Crippen LogP contribution in [0.1, 0.15) is 6.42 Å². The van der Waals surface area contributed by atoms with Gasteiger partial charge in [-0.2, -0.15) is 0 Å². The molecule has 8 heteroatoms. The summed E-state index contributed by atoms with van der Waals surface area (Å²) in [6, 6.07) is 3.86. The predicted molar refractivity (Wildman–Crippen MR) is 73.5 cm³/mol. The molecule has 0 bridgehead atoms. The number of carbonyl (C=O) groups is 1. The Kier molecular flexibility index (Phi) is 4.27. The first-order valence-corrected chi connectivity index (χ1v) is 6.07. The molecule has 1 N–H and O–H groups in total. The van der Waals surface area contributed by atoms with Gasteiger partial charge in [0.05, 0.1) is 35.6 Å². The first kappa shape index (κ1) is 14.6. The maximum atomic E-state index is 14.0. The third kappa shape index (κ3) is 3.04. The summed E-state index contributed by atoms with van der Waals surface area (Å²) in [5, 5.41) is 13.9. The fourth-order valence-corrected chi connectivity index (χ4v) is 1.91. The van der Waals surface area contributed by atoms with Crippen LogP contribution in [0.5, 0.6) is 0 Å². The number of halogens is 1. The number of ether oxygens (including phenoxy) is 1. The van der Waals surface area contributed by atoms with Gasteiger partial charge in [-0.3, -0.25) is 19.9 Å². The fourth-order valence-electron chi connectivity index (χ4n) is 1.91. The molecule has 0 spiro atoms. The zero-order valence-electron chi connectivity index (χ0n) is 11.1. The average Bonchev–Trinajstić information content (AvgIpc) is 2.48. The molecule has 1 aromatic carbocycles. The van der Waals surface area contributed by atoms with Crippen molar-refractivity contribution >= 4 is 28.2 Å². The zero-order chi connectivity index (χ0) is 15.4. The van der Waals surface area contributed by atoms with Crippen molar-refractivity contribution in [2.24, 2.45) is 0 Å². The second kappa shape index (κ2) is 6.12. The number of pyridine rings is 1. The van der Waals surface area contributed by atoms with Crippen LogP contribution in [-0.2, 0) is 9.53 Å². The third-order valence-electron chi connectivity index (χ3n) is 2.88. The van der Waals surface area contributed by atoms with E-state index in [4.69, 9.17) is 0 Å². The molecule has 2 rings (SSSR count). The summed E-state index contributed by atoms with van der Waals surface area (Å²) in [6.45, 7) is 0.132. The number of nitrogens with one attached hydrogen (secondary N) is 1. The monoisotopic (exact) mass is 293 g/mol. The summed E-state index contributed by atoms with van der Waals surface area (Å²) in [7, 11) is 1.26. The largest absolute Gasteiger partial charge is 0.469 e. The van der Waals surface area contributed by atoms with E-state index in [-0.39, 0.29) is 35.2 Å². The van der Waals surface area contributed by atoms with Crippen molar-refractivity contribution in [1.82, 2.24) is 4.98 Å². The highest BCUT2D eigenvalue weighted by Crippen LogP contribution is 2.32. The van der Waals surface area contributed by atoms with E-state index in [9.17, 15) is 19.3 Å². The highest BCUT2D eigenvalue weighted by atomic mass is 19.1. The minimum atomic E-state index is -0.794. The van der Waals surface area contributed by atoms with E-state index in [0.29, 0.717) is 0 Å². The summed E-state index contributed by atoms with van der Waals surface area (Å²) < 4.78 is 18.5. The normalized spacial score (nSPS) is 10.4. The molecule has 0 saturated heterocycles. The Morgan fingerprint density at radius 3 is 3.00 bits per heavy atom. The molecule has 0 aliphatic rings. The lowest BCUT2D eigenvalue weighted by Gasteiger charge is -2.10. The van der Waals surface area contributed by atoms with E-state index >= 15 is 0 Å². The van der Waals surface area contributed by atoms with Crippen LogP contribution < -0.4 is 5.32 Å². The van der Waals surface area contributed by atoms with Crippen LogP contribution in [0.2, 0.25) is 0 Å². The second-order valence-electron chi connectivity index (χ2n) is 4.16. The van der Waals surface area contributed by atoms with Gasteiger partial charge in [0.2, 0.25) is 0 Å². The Labute approximate surface area is 118 Å². The van der Waals surface area contributed by atoms with Crippen LogP contribution in [-0.4, -0.2) is 29.5 Å². The van der Waals surface area contributed by atoms with Gasteiger partial charge in [0.25, 0.3) is 5.69 Å². The Morgan fingerprint density at radius 1 is 1.57 bits per heavy atom. The second-order valence-corrected chi connectivity index (χ2v) is 4.16. The molecule has 0 aliphatic heterocycles. The molecule has 7 nitrogen and oxygen atoms in total. The van der Waals surface area contributed by atoms with Crippen LogP contribution in [0.25, 0.3) is 10.9 Å². The Hall–Kier alpha value is -2.77. The van der Waals surface area contributed by atoms with Crippen LogP contribution in [0.4, 0.5) is 15.8 Å². The van der Waals surface area contributed by atoms with E-state index in [2.05, 4.69) is 15.0 Å². The highest BCUT2D eigenvalue weighted by molar-refractivity contribution is 5.97. The van der Waals surface area contributed by atoms with E-state index < -0.39 is 16.7 Å². The smallest absolute Gasteiger partial charge is 0.307 e. The molecule has 2 aromatic rings. The van der Waals surface area contributed by atoms with E-state index in [1.54, 1.807) is 0 Å². The Morgan fingerprint density at radius 2 is 2.33 bits per heavy atom. The van der Waals surface area contributed by atoms with Crippen molar-refractivity contribution in [3.63, 3.8) is 0 Å². The summed E-state index contributed by atoms with van der Waals surface area (Å²) in [4.78, 5) is 25.3. The molecule has 0 saturated carbocycles. The number of rotatable bonds is 5. The van der Waals surface area contributed by atoms with Gasteiger partial charge < -0.3 is 10.1 Å². The number of nitro groups is 1. The standard InChI is InChI=1S/C13H12FN3O4/c1-21-11(18)4-6-16-13-9(14)7-10(17(19)20)8-3-2-5-15-12(8)13/h2-3,5,7,16H,4,6H2,1H3. The van der Waals surface area contributed by atoms with Gasteiger partial charge in [0.15, 0.2) is 5.82 Å². The number of methoxy groups -OCH3 is 1. The maximum Gasteiger partial charge on any atom is 0.307 e. The quantitative estimate of drug-likeness (QED) is 0.516. The van der Waals surface area contributed by atoms with Crippen molar-refractivity contribution in [2.45, 2.75) is 6.42 Å². The number of aromatic nitrogens is 1. The van der Waals surface area contributed by atoms with E-state index in [1.165, 1.54) is 25.4 Å². The number of benzene rings is 1. The fraction of sp³-hybridized carbons (Fsp3) is 0.231. The molecule has 0 atom stereocenters. The number of carbonyl (C=O) groups excluding carboxylic acids is 1. The van der Waals surface area contributed by atoms with Crippen LogP contribution in [0.15, 0.2) is 24.4 Å². The minimum Gasteiger partial charge on any atom is -0.469 e. The van der Waals surface area contributed by atoms with Crippen LogP contribution in [0, 0.1) is 15.9 Å². The molecule has 0 amide bonds. The number of esters is 1. The number of fused-ring (bicyclic) bond motifs is 1. The predicted octanol–water partition coefficient (Wildman–Crippen LogP) is 2.26. The van der Waals surface area contributed by atoms with Gasteiger partial charge in [0, 0.05) is 12.7 Å². The average molecular weight is 293 g/mol. The lowest BCUT2D eigenvalue weighted by Crippen LogP contribution is -2.11. The topological polar surface area (TPSA) is 94.4 Å². The molecule has 0 fully saturated rings. The maximum absolute atomic E-state index is 14.0. The van der Waals surface area contributed by atoms with Crippen molar-refractivity contribution in [2.75, 3.05) is 19.0 Å². The summed E-state index contributed by atoms with van der Waals surface area (Å²) in [5.74, 6) is -1.24. The molecule has 0 radical (unpaired) electrons. The van der Waals surface area contributed by atoms with Gasteiger partial charge >= 0.3 is 5.97 Å². The van der Waals surface area contributed by atoms with Crippen LogP contribution in [0.3, 0.4) is 0 Å². The molecule has 0 aliphatic carbocycles. The van der Waals surface area contributed by atoms with Crippen molar-refractivity contribution in [3.8, 4) is 0 Å². The molecule has 0 unspecified atom stereocenters. The van der Waals surface area contributed by atoms with Crippen molar-refractivity contribution < 1.29 is 18.8 Å². The molecular weight excluding hydrogens is 281 g/mol. The lowest BCUT2D eigenvalue weighted by molar-refractivity contribution is -0.383. The number of nitrogens with zero attached hydrogens (tertiary/aromatic N) is 2. The summed E-state index contributed by atoms with van der Waals surface area (Å²) >= 11 is 0. The van der Waals surface area contributed by atoms with Gasteiger partial charge in [-0.05, 0) is 12.1 Å². The van der Waals surface area contributed by atoms with Crippen molar-refractivity contribution in [1.29, 1.82) is 0 Å². The summed E-state index contributed by atoms with van der Waals surface area (Å²) in [5.41, 5.74) is -0.178. The molecule has 1 aromatic heterocycles. The van der Waals surface area contributed by atoms with Gasteiger partial charge in [-0.1, -0.05) is 0 Å². The number of non-ortho nitro benzene ring substituents is 1. The molecule has 21 heavy (non-hydrogen) atoms. The van der Waals surface area contributed by atoms with E-state index in [1.807, 2.05) is 0 Å². The number of hydrogen-bond donors (Lipinski definition) is 1. The number of nitro benzene ring substituents is 1. The lowest BCUT2D eigenvalue weighted by atomic mass is 10.1. The zero-order valence-corrected chi connectivity index (χ0v) is 11.1. The minimum absolute atomic E-state index is 0.0279. The molecular formula is C13H12FN3O4. The highest BCUT2D eigenvalue weighted by Gasteiger charge is 2.19. The van der Waals surface area contributed by atoms with Gasteiger partial charge in [0.1, 0.15) is 5.52 Å². The summed E-state index contributed by atoms with van der Waals surface area (Å²) in [6.07, 6.45) is 1.46. The van der Waals surface area contributed by atoms with Gasteiger partial charge in [-0.15, -0.1) is 0 Å². The first-order chi connectivity index (χ1) is 10.0.